The van der Waals surface area contributed by atoms with Crippen LogP contribution in [0.4, 0.5) is 0 Å². The lowest BCUT2D eigenvalue weighted by Crippen LogP contribution is -2.20. The highest BCUT2D eigenvalue weighted by atomic mass is 16.5. The van der Waals surface area contributed by atoms with Gasteiger partial charge in [-0.2, -0.15) is 0 Å². The van der Waals surface area contributed by atoms with E-state index < -0.39 is 0 Å². The van der Waals surface area contributed by atoms with Gasteiger partial charge < -0.3 is 10.5 Å². The molecular formula is C12H20N2O. The first-order valence-electron chi connectivity index (χ1n) is 5.51. The molecule has 0 amide bonds. The number of hydrogen-bond donors (Lipinski definition) is 1. The number of ether oxygens (including phenoxy) is 1. The Hall–Kier alpha value is -1.09. The van der Waals surface area contributed by atoms with Crippen molar-refractivity contribution in [2.24, 2.45) is 5.73 Å². The molecule has 0 radical (unpaired) electrons. The summed E-state index contributed by atoms with van der Waals surface area (Å²) in [4.78, 5) is 4.30. The maximum atomic E-state index is 5.95. The molecule has 84 valence electrons. The summed E-state index contributed by atoms with van der Waals surface area (Å²) >= 11 is 0. The minimum absolute atomic E-state index is 0.279. The molecule has 0 aliphatic carbocycles. The maximum Gasteiger partial charge on any atom is 0.140 e. The Morgan fingerprint density at radius 1 is 1.47 bits per heavy atom. The number of nitrogens with two attached hydrogens (primary N) is 1. The molecule has 1 unspecified atom stereocenters. The van der Waals surface area contributed by atoms with Crippen LogP contribution in [0.5, 0.6) is 5.75 Å². The Morgan fingerprint density at radius 3 is 2.93 bits per heavy atom. The fourth-order valence-electron chi connectivity index (χ4n) is 1.63. The lowest BCUT2D eigenvalue weighted by Gasteiger charge is -2.11. The van der Waals surface area contributed by atoms with Crippen molar-refractivity contribution in [2.75, 3.05) is 7.11 Å². The van der Waals surface area contributed by atoms with E-state index in [0.717, 1.165) is 37.1 Å². The van der Waals surface area contributed by atoms with Crippen molar-refractivity contribution < 1.29 is 4.74 Å². The van der Waals surface area contributed by atoms with Gasteiger partial charge in [0.05, 0.1) is 12.8 Å². The number of aromatic nitrogens is 1. The van der Waals surface area contributed by atoms with Crippen LogP contribution in [0.2, 0.25) is 0 Å². The number of nitrogens with zero attached hydrogens (tertiary/aromatic N) is 1. The Morgan fingerprint density at radius 2 is 2.27 bits per heavy atom. The van der Waals surface area contributed by atoms with Crippen molar-refractivity contribution in [3.8, 4) is 5.75 Å². The van der Waals surface area contributed by atoms with Crippen LogP contribution in [0.1, 0.15) is 31.9 Å². The maximum absolute atomic E-state index is 5.95. The number of rotatable bonds is 6. The predicted octanol–water partition coefficient (Wildman–Crippen LogP) is 2.15. The molecule has 0 aliphatic heterocycles. The molecule has 0 bridgehead atoms. The highest BCUT2D eigenvalue weighted by molar-refractivity contribution is 5.26. The standard InChI is InChI=1S/C12H20N2O/c1-3-5-10(13)7-8-11-12(15-2)6-4-9-14-11/h4,6,9-10H,3,5,7-8,13H2,1-2H3. The fourth-order valence-corrected chi connectivity index (χ4v) is 1.63. The minimum Gasteiger partial charge on any atom is -0.495 e. The first-order chi connectivity index (χ1) is 7.27. The van der Waals surface area contributed by atoms with E-state index in [1.54, 1.807) is 13.3 Å². The summed E-state index contributed by atoms with van der Waals surface area (Å²) in [5, 5.41) is 0. The molecule has 15 heavy (non-hydrogen) atoms. The molecule has 1 aromatic rings. The molecule has 0 fully saturated rings. The van der Waals surface area contributed by atoms with Crippen LogP contribution in [-0.2, 0) is 6.42 Å². The summed E-state index contributed by atoms with van der Waals surface area (Å²) in [6.45, 7) is 2.15. The average Bonchev–Trinajstić information content (AvgIpc) is 2.27. The van der Waals surface area contributed by atoms with E-state index in [1.807, 2.05) is 12.1 Å². The van der Waals surface area contributed by atoms with Crippen LogP contribution in [-0.4, -0.2) is 18.1 Å². The van der Waals surface area contributed by atoms with E-state index in [0.29, 0.717) is 0 Å². The lowest BCUT2D eigenvalue weighted by atomic mass is 10.1. The highest BCUT2D eigenvalue weighted by Gasteiger charge is 2.06. The van der Waals surface area contributed by atoms with Crippen molar-refractivity contribution in [3.05, 3.63) is 24.0 Å². The van der Waals surface area contributed by atoms with Gasteiger partial charge in [-0.3, -0.25) is 4.98 Å². The van der Waals surface area contributed by atoms with E-state index in [2.05, 4.69) is 11.9 Å². The van der Waals surface area contributed by atoms with E-state index in [4.69, 9.17) is 10.5 Å². The van der Waals surface area contributed by atoms with Crippen molar-refractivity contribution in [1.82, 2.24) is 4.98 Å². The number of hydrogen-bond acceptors (Lipinski definition) is 3. The van der Waals surface area contributed by atoms with E-state index in [-0.39, 0.29) is 6.04 Å². The van der Waals surface area contributed by atoms with Gasteiger partial charge >= 0.3 is 0 Å². The Bertz CT molecular complexity index is 289. The summed E-state index contributed by atoms with van der Waals surface area (Å²) in [6.07, 6.45) is 5.88. The van der Waals surface area contributed by atoms with Crippen LogP contribution >= 0.6 is 0 Å². The van der Waals surface area contributed by atoms with Crippen molar-refractivity contribution >= 4 is 0 Å². The van der Waals surface area contributed by atoms with Gasteiger partial charge in [0.15, 0.2) is 0 Å². The van der Waals surface area contributed by atoms with Crippen LogP contribution in [0.15, 0.2) is 18.3 Å². The van der Waals surface area contributed by atoms with Gasteiger partial charge in [-0.15, -0.1) is 0 Å². The molecule has 1 atom stereocenters. The van der Waals surface area contributed by atoms with Gasteiger partial charge in [-0.05, 0) is 31.4 Å². The quantitative estimate of drug-likeness (QED) is 0.779. The monoisotopic (exact) mass is 208 g/mol. The van der Waals surface area contributed by atoms with Crippen molar-refractivity contribution in [1.29, 1.82) is 0 Å². The number of aryl methyl sites for hydroxylation is 1. The minimum atomic E-state index is 0.279. The second-order valence-corrected chi connectivity index (χ2v) is 3.74. The molecule has 3 heteroatoms. The first kappa shape index (κ1) is 12.0. The second kappa shape index (κ2) is 6.40. The molecule has 1 heterocycles. The lowest BCUT2D eigenvalue weighted by molar-refractivity contribution is 0.404. The topological polar surface area (TPSA) is 48.1 Å². The molecule has 2 N–H and O–H groups in total. The van der Waals surface area contributed by atoms with Gasteiger partial charge in [0, 0.05) is 12.2 Å². The third kappa shape index (κ3) is 3.88. The zero-order valence-electron chi connectivity index (χ0n) is 9.57. The Kier molecular flexibility index (Phi) is 5.12. The molecule has 1 aromatic heterocycles. The van der Waals surface area contributed by atoms with Crippen molar-refractivity contribution in [3.63, 3.8) is 0 Å². The Balaban J connectivity index is 2.49. The smallest absolute Gasteiger partial charge is 0.140 e. The molecule has 0 aromatic carbocycles. The second-order valence-electron chi connectivity index (χ2n) is 3.74. The van der Waals surface area contributed by atoms with Crippen LogP contribution in [0.3, 0.4) is 0 Å². The summed E-state index contributed by atoms with van der Waals surface area (Å²) in [5.74, 6) is 0.862. The average molecular weight is 208 g/mol. The van der Waals surface area contributed by atoms with Gasteiger partial charge in [0.1, 0.15) is 5.75 Å². The van der Waals surface area contributed by atoms with E-state index in [9.17, 15) is 0 Å². The third-order valence-electron chi connectivity index (χ3n) is 2.48. The molecule has 3 nitrogen and oxygen atoms in total. The first-order valence-corrected chi connectivity index (χ1v) is 5.51. The van der Waals surface area contributed by atoms with Crippen LogP contribution in [0.25, 0.3) is 0 Å². The summed E-state index contributed by atoms with van der Waals surface area (Å²) in [6, 6.07) is 4.10. The molecule has 0 saturated carbocycles. The third-order valence-corrected chi connectivity index (χ3v) is 2.48. The van der Waals surface area contributed by atoms with Crippen LogP contribution in [0, 0.1) is 0 Å². The normalized spacial score (nSPS) is 12.5. The molecule has 0 saturated heterocycles. The van der Waals surface area contributed by atoms with Crippen LogP contribution < -0.4 is 10.5 Å². The van der Waals surface area contributed by atoms with E-state index >= 15 is 0 Å². The summed E-state index contributed by atoms with van der Waals surface area (Å²) in [5.41, 5.74) is 6.96. The molecular weight excluding hydrogens is 188 g/mol. The summed E-state index contributed by atoms with van der Waals surface area (Å²) < 4.78 is 5.23. The highest BCUT2D eigenvalue weighted by Crippen LogP contribution is 2.17. The van der Waals surface area contributed by atoms with Gasteiger partial charge in [-0.1, -0.05) is 13.3 Å². The fraction of sp³-hybridized carbons (Fsp3) is 0.583. The molecule has 0 aliphatic rings. The number of methoxy groups -OCH3 is 1. The van der Waals surface area contributed by atoms with Gasteiger partial charge in [0.2, 0.25) is 0 Å². The molecule has 1 rings (SSSR count). The van der Waals surface area contributed by atoms with E-state index in [1.165, 1.54) is 0 Å². The summed E-state index contributed by atoms with van der Waals surface area (Å²) in [7, 11) is 1.67. The zero-order valence-corrected chi connectivity index (χ0v) is 9.57. The molecule has 0 spiro atoms. The van der Waals surface area contributed by atoms with Crippen molar-refractivity contribution in [2.45, 2.75) is 38.6 Å². The van der Waals surface area contributed by atoms with Gasteiger partial charge in [0.25, 0.3) is 0 Å². The predicted molar refractivity (Wildman–Crippen MR) is 62.0 cm³/mol. The Labute approximate surface area is 91.7 Å². The number of pyridine rings is 1. The van der Waals surface area contributed by atoms with Gasteiger partial charge in [-0.25, -0.2) is 0 Å². The zero-order chi connectivity index (χ0) is 11.1. The SMILES string of the molecule is CCCC(N)CCc1ncccc1OC. The largest absolute Gasteiger partial charge is 0.495 e.